The molecule has 2 heterocycles. The molecule has 0 aliphatic heterocycles. The fourth-order valence-corrected chi connectivity index (χ4v) is 4.51. The smallest absolute Gasteiger partial charge is 0.220 e. The van der Waals surface area contributed by atoms with Crippen LogP contribution in [0.15, 0.2) is 42.6 Å². The molecule has 0 unspecified atom stereocenters. The number of aliphatic hydroxyl groups is 1. The number of hydrogen-bond acceptors (Lipinski definition) is 5. The van der Waals surface area contributed by atoms with Gasteiger partial charge in [-0.15, -0.1) is 0 Å². The Balaban J connectivity index is 1.26. The van der Waals surface area contributed by atoms with E-state index < -0.39 is 0 Å². The van der Waals surface area contributed by atoms with Crippen molar-refractivity contribution < 1.29 is 9.84 Å². The van der Waals surface area contributed by atoms with Crippen molar-refractivity contribution >= 4 is 10.9 Å². The molecule has 2 aliphatic carbocycles. The lowest BCUT2D eigenvalue weighted by Crippen LogP contribution is -2.18. The second-order valence-corrected chi connectivity index (χ2v) is 8.53. The number of ether oxygens (including phenoxy) is 1. The molecule has 2 fully saturated rings. The van der Waals surface area contributed by atoms with E-state index in [0.29, 0.717) is 24.4 Å². The molecule has 2 aromatic heterocycles. The van der Waals surface area contributed by atoms with E-state index in [4.69, 9.17) is 9.72 Å². The van der Waals surface area contributed by atoms with Gasteiger partial charge in [0.05, 0.1) is 18.2 Å². The molecule has 0 spiro atoms. The SMILES string of the molecule is Cc1ncc([C@H]2CC[C@@H](O)CC2)c(OC[C@H]2C[C@H]2c2ccc3ccccc3n2)n1. The summed E-state index contributed by atoms with van der Waals surface area (Å²) in [5.41, 5.74) is 3.32. The van der Waals surface area contributed by atoms with E-state index in [-0.39, 0.29) is 6.10 Å². The average molecular weight is 389 g/mol. The number of para-hydroxylation sites is 1. The summed E-state index contributed by atoms with van der Waals surface area (Å²) in [6.07, 6.45) is 6.50. The van der Waals surface area contributed by atoms with Crippen molar-refractivity contribution in [3.63, 3.8) is 0 Å². The minimum Gasteiger partial charge on any atom is -0.477 e. The molecule has 29 heavy (non-hydrogen) atoms. The number of hydrogen-bond donors (Lipinski definition) is 1. The molecule has 150 valence electrons. The van der Waals surface area contributed by atoms with E-state index in [1.807, 2.05) is 25.3 Å². The van der Waals surface area contributed by atoms with E-state index in [2.05, 4.69) is 34.2 Å². The molecular weight excluding hydrogens is 362 g/mol. The van der Waals surface area contributed by atoms with Crippen molar-refractivity contribution in [1.82, 2.24) is 15.0 Å². The Bertz CT molecular complexity index is 1010. The maximum Gasteiger partial charge on any atom is 0.220 e. The van der Waals surface area contributed by atoms with Crippen LogP contribution >= 0.6 is 0 Å². The van der Waals surface area contributed by atoms with E-state index in [1.54, 1.807) is 0 Å². The van der Waals surface area contributed by atoms with Crippen LogP contribution in [0.4, 0.5) is 0 Å². The predicted molar refractivity (Wildman–Crippen MR) is 112 cm³/mol. The zero-order valence-electron chi connectivity index (χ0n) is 16.8. The summed E-state index contributed by atoms with van der Waals surface area (Å²) in [5, 5.41) is 11.0. The first-order valence-electron chi connectivity index (χ1n) is 10.7. The summed E-state index contributed by atoms with van der Waals surface area (Å²) in [7, 11) is 0. The van der Waals surface area contributed by atoms with Gasteiger partial charge in [-0.25, -0.2) is 4.98 Å². The Morgan fingerprint density at radius 3 is 2.72 bits per heavy atom. The largest absolute Gasteiger partial charge is 0.477 e. The second-order valence-electron chi connectivity index (χ2n) is 8.53. The molecule has 1 N–H and O–H groups in total. The molecule has 1 aromatic carbocycles. The summed E-state index contributed by atoms with van der Waals surface area (Å²) in [5.74, 6) is 2.81. The highest BCUT2D eigenvalue weighted by Gasteiger charge is 2.40. The van der Waals surface area contributed by atoms with Gasteiger partial charge in [-0.2, -0.15) is 4.98 Å². The van der Waals surface area contributed by atoms with Crippen LogP contribution in [0, 0.1) is 12.8 Å². The Kier molecular flexibility index (Phi) is 4.92. The quantitative estimate of drug-likeness (QED) is 0.694. The maximum atomic E-state index is 9.81. The van der Waals surface area contributed by atoms with Crippen molar-refractivity contribution in [2.45, 2.75) is 57.0 Å². The fourth-order valence-electron chi connectivity index (χ4n) is 4.51. The van der Waals surface area contributed by atoms with Gasteiger partial charge in [0.1, 0.15) is 5.82 Å². The zero-order chi connectivity index (χ0) is 19.8. The topological polar surface area (TPSA) is 68.1 Å². The summed E-state index contributed by atoms with van der Waals surface area (Å²) in [4.78, 5) is 13.8. The van der Waals surface area contributed by atoms with Crippen LogP contribution in [0.3, 0.4) is 0 Å². The predicted octanol–water partition coefficient (Wildman–Crippen LogP) is 4.53. The molecule has 3 aromatic rings. The molecule has 5 rings (SSSR count). The molecule has 5 nitrogen and oxygen atoms in total. The van der Waals surface area contributed by atoms with Crippen molar-refractivity contribution in [1.29, 1.82) is 0 Å². The second kappa shape index (κ2) is 7.71. The highest BCUT2D eigenvalue weighted by atomic mass is 16.5. The lowest BCUT2D eigenvalue weighted by molar-refractivity contribution is 0.121. The van der Waals surface area contributed by atoms with Crippen LogP contribution in [0.2, 0.25) is 0 Å². The number of rotatable bonds is 5. The van der Waals surface area contributed by atoms with Crippen LogP contribution in [-0.4, -0.2) is 32.8 Å². The van der Waals surface area contributed by atoms with E-state index >= 15 is 0 Å². The number of nitrogens with zero attached hydrogens (tertiary/aromatic N) is 3. The molecule has 2 aliphatic rings. The third-order valence-corrected chi connectivity index (χ3v) is 6.39. The average Bonchev–Trinajstić information content (AvgIpc) is 3.52. The minimum absolute atomic E-state index is 0.163. The molecule has 0 bridgehead atoms. The van der Waals surface area contributed by atoms with Crippen molar-refractivity contribution in [2.75, 3.05) is 6.61 Å². The summed E-state index contributed by atoms with van der Waals surface area (Å²) < 4.78 is 6.22. The zero-order valence-corrected chi connectivity index (χ0v) is 16.8. The molecule has 5 heteroatoms. The van der Waals surface area contributed by atoms with E-state index in [9.17, 15) is 5.11 Å². The Morgan fingerprint density at radius 1 is 1.03 bits per heavy atom. The van der Waals surface area contributed by atoms with Crippen LogP contribution < -0.4 is 4.74 Å². The van der Waals surface area contributed by atoms with Crippen molar-refractivity contribution in [3.05, 3.63) is 59.7 Å². The molecule has 0 radical (unpaired) electrons. The van der Waals surface area contributed by atoms with Crippen molar-refractivity contribution in [3.8, 4) is 5.88 Å². The number of benzene rings is 1. The van der Waals surface area contributed by atoms with Crippen LogP contribution in [-0.2, 0) is 0 Å². The molecule has 0 saturated heterocycles. The van der Waals surface area contributed by atoms with Gasteiger partial charge in [-0.05, 0) is 57.1 Å². The third-order valence-electron chi connectivity index (χ3n) is 6.39. The Hall–Kier alpha value is -2.53. The van der Waals surface area contributed by atoms with Gasteiger partial charge in [-0.3, -0.25) is 4.98 Å². The van der Waals surface area contributed by atoms with Gasteiger partial charge in [-0.1, -0.05) is 24.3 Å². The van der Waals surface area contributed by atoms with Gasteiger partial charge < -0.3 is 9.84 Å². The Labute approximate surface area is 171 Å². The van der Waals surface area contributed by atoms with Gasteiger partial charge >= 0.3 is 0 Å². The number of aryl methyl sites for hydroxylation is 1. The number of pyridine rings is 1. The normalized spacial score (nSPS) is 26.4. The van der Waals surface area contributed by atoms with E-state index in [0.717, 1.165) is 60.6 Å². The Morgan fingerprint density at radius 2 is 1.86 bits per heavy atom. The number of fused-ring (bicyclic) bond motifs is 1. The minimum atomic E-state index is -0.163. The third kappa shape index (κ3) is 3.97. The molecule has 0 amide bonds. The summed E-state index contributed by atoms with van der Waals surface area (Å²) in [6.45, 7) is 2.57. The first-order chi connectivity index (χ1) is 14.2. The number of aromatic nitrogens is 3. The van der Waals surface area contributed by atoms with Crippen LogP contribution in [0.5, 0.6) is 5.88 Å². The van der Waals surface area contributed by atoms with E-state index in [1.165, 1.54) is 5.39 Å². The molecule has 2 atom stereocenters. The van der Waals surface area contributed by atoms with Gasteiger partial charge in [0, 0.05) is 34.7 Å². The standard InChI is InChI=1S/C24H27N3O2/c1-15-25-13-21(16-6-9-19(28)10-7-16)24(26-15)29-14-18-12-20(18)23-11-8-17-4-2-3-5-22(17)27-23/h2-5,8,11,13,16,18-20,28H,6-7,9-10,12,14H2,1H3/t16-,18-,19+,20-/m1/s1. The van der Waals surface area contributed by atoms with Gasteiger partial charge in [0.25, 0.3) is 0 Å². The molecular formula is C24H27N3O2. The molecule has 2 saturated carbocycles. The summed E-state index contributed by atoms with van der Waals surface area (Å²) >= 11 is 0. The van der Waals surface area contributed by atoms with Crippen LogP contribution in [0.25, 0.3) is 10.9 Å². The maximum absolute atomic E-state index is 9.81. The van der Waals surface area contributed by atoms with Gasteiger partial charge in [0.2, 0.25) is 5.88 Å². The van der Waals surface area contributed by atoms with Gasteiger partial charge in [0.15, 0.2) is 0 Å². The highest BCUT2D eigenvalue weighted by molar-refractivity contribution is 5.78. The first-order valence-corrected chi connectivity index (χ1v) is 10.7. The van der Waals surface area contributed by atoms with Crippen LogP contribution in [0.1, 0.15) is 61.0 Å². The fraction of sp³-hybridized carbons (Fsp3) is 0.458. The lowest BCUT2D eigenvalue weighted by Gasteiger charge is -2.26. The first kappa shape index (κ1) is 18.5. The lowest BCUT2D eigenvalue weighted by atomic mass is 9.83. The monoisotopic (exact) mass is 389 g/mol. The highest BCUT2D eigenvalue weighted by Crippen LogP contribution is 2.47. The number of aliphatic hydroxyl groups excluding tert-OH is 1. The summed E-state index contributed by atoms with van der Waals surface area (Å²) in [6, 6.07) is 12.6. The van der Waals surface area contributed by atoms with Crippen molar-refractivity contribution in [2.24, 2.45) is 5.92 Å².